The van der Waals surface area contributed by atoms with Crippen LogP contribution in [-0.4, -0.2) is 16.0 Å². The Balaban J connectivity index is 1.76. The van der Waals surface area contributed by atoms with Crippen LogP contribution in [0.4, 0.5) is 17.2 Å². The van der Waals surface area contributed by atoms with Gasteiger partial charge in [-0.15, -0.1) is 0 Å². The van der Waals surface area contributed by atoms with Crippen molar-refractivity contribution in [2.75, 3.05) is 10.6 Å². The molecule has 122 valence electrons. The van der Waals surface area contributed by atoms with Crippen molar-refractivity contribution in [1.82, 2.24) is 10.1 Å². The van der Waals surface area contributed by atoms with E-state index in [9.17, 15) is 4.79 Å². The average Bonchev–Trinajstić information content (AvgIpc) is 3.00. The van der Waals surface area contributed by atoms with Crippen LogP contribution in [0, 0.1) is 6.92 Å². The number of aromatic nitrogens is 2. The van der Waals surface area contributed by atoms with Gasteiger partial charge in [0.25, 0.3) is 5.91 Å². The smallest absolute Gasteiger partial charge is 0.274 e. The van der Waals surface area contributed by atoms with E-state index in [0.29, 0.717) is 23.0 Å². The molecule has 0 saturated carbocycles. The monoisotopic (exact) mass is 322 g/mol. The second-order valence-electron chi connectivity index (χ2n) is 5.34. The highest BCUT2D eigenvalue weighted by Crippen LogP contribution is 2.19. The molecule has 0 atom stereocenters. The lowest BCUT2D eigenvalue weighted by Gasteiger charge is -2.10. The molecule has 24 heavy (non-hydrogen) atoms. The van der Waals surface area contributed by atoms with Crippen LogP contribution >= 0.6 is 0 Å². The number of nitrogens with one attached hydrogen (secondary N) is 2. The van der Waals surface area contributed by atoms with Gasteiger partial charge >= 0.3 is 0 Å². The van der Waals surface area contributed by atoms with Gasteiger partial charge in [0, 0.05) is 23.6 Å². The summed E-state index contributed by atoms with van der Waals surface area (Å²) in [6.07, 6.45) is 2.42. The van der Waals surface area contributed by atoms with Gasteiger partial charge in [-0.25, -0.2) is 0 Å². The Labute approximate surface area is 139 Å². The van der Waals surface area contributed by atoms with Crippen molar-refractivity contribution in [2.45, 2.75) is 20.3 Å². The molecule has 0 aliphatic carbocycles. The summed E-state index contributed by atoms with van der Waals surface area (Å²) in [5.74, 6) is 1.04. The van der Waals surface area contributed by atoms with Crippen LogP contribution in [0.1, 0.15) is 28.7 Å². The predicted molar refractivity (Wildman–Crippen MR) is 92.5 cm³/mol. The Kier molecular flexibility index (Phi) is 4.56. The minimum absolute atomic E-state index is 0.254. The third-order valence-electron chi connectivity index (χ3n) is 3.54. The van der Waals surface area contributed by atoms with Gasteiger partial charge in [-0.2, -0.15) is 0 Å². The average molecular weight is 322 g/mol. The molecular weight excluding hydrogens is 304 g/mol. The predicted octanol–water partition coefficient (Wildman–Crippen LogP) is 3.94. The summed E-state index contributed by atoms with van der Waals surface area (Å²) in [4.78, 5) is 16.6. The maximum Gasteiger partial charge on any atom is 0.274 e. The maximum atomic E-state index is 12.5. The van der Waals surface area contributed by atoms with E-state index >= 15 is 0 Å². The fourth-order valence-electron chi connectivity index (χ4n) is 2.34. The van der Waals surface area contributed by atoms with Gasteiger partial charge in [-0.3, -0.25) is 9.78 Å². The Bertz CT molecular complexity index is 857. The number of para-hydroxylation sites is 1. The van der Waals surface area contributed by atoms with Crippen molar-refractivity contribution < 1.29 is 9.32 Å². The quantitative estimate of drug-likeness (QED) is 0.744. The highest BCUT2D eigenvalue weighted by Gasteiger charge is 2.11. The van der Waals surface area contributed by atoms with Gasteiger partial charge < -0.3 is 15.2 Å². The molecule has 2 aromatic heterocycles. The lowest BCUT2D eigenvalue weighted by molar-refractivity contribution is 0.102. The van der Waals surface area contributed by atoms with E-state index in [1.165, 1.54) is 0 Å². The fourth-order valence-corrected chi connectivity index (χ4v) is 2.34. The molecule has 0 radical (unpaired) electrons. The van der Waals surface area contributed by atoms with E-state index in [4.69, 9.17) is 4.52 Å². The van der Waals surface area contributed by atoms with Crippen molar-refractivity contribution in [1.29, 1.82) is 0 Å². The summed E-state index contributed by atoms with van der Waals surface area (Å²) >= 11 is 0. The lowest BCUT2D eigenvalue weighted by Crippen LogP contribution is -2.15. The normalized spacial score (nSPS) is 10.4. The van der Waals surface area contributed by atoms with Crippen LogP contribution in [-0.2, 0) is 6.42 Å². The molecule has 3 rings (SSSR count). The van der Waals surface area contributed by atoms with E-state index in [2.05, 4.69) is 20.8 Å². The van der Waals surface area contributed by atoms with Gasteiger partial charge in [0.1, 0.15) is 11.5 Å². The molecule has 0 bridgehead atoms. The molecule has 0 aliphatic heterocycles. The number of hydrogen-bond acceptors (Lipinski definition) is 5. The summed E-state index contributed by atoms with van der Waals surface area (Å²) in [7, 11) is 0. The van der Waals surface area contributed by atoms with E-state index in [1.807, 2.05) is 38.1 Å². The van der Waals surface area contributed by atoms with Crippen LogP contribution in [0.3, 0.4) is 0 Å². The number of hydrogen-bond donors (Lipinski definition) is 2. The van der Waals surface area contributed by atoms with E-state index in [-0.39, 0.29) is 5.91 Å². The second-order valence-corrected chi connectivity index (χ2v) is 5.34. The van der Waals surface area contributed by atoms with Crippen LogP contribution in [0.2, 0.25) is 0 Å². The van der Waals surface area contributed by atoms with Crippen molar-refractivity contribution in [3.05, 3.63) is 65.7 Å². The zero-order valence-corrected chi connectivity index (χ0v) is 13.5. The number of carbonyl (C=O) groups is 1. The van der Waals surface area contributed by atoms with Crippen molar-refractivity contribution in [3.63, 3.8) is 0 Å². The minimum atomic E-state index is -0.254. The summed E-state index contributed by atoms with van der Waals surface area (Å²) < 4.78 is 5.01. The van der Waals surface area contributed by atoms with Crippen molar-refractivity contribution >= 4 is 23.1 Å². The van der Waals surface area contributed by atoms with Crippen LogP contribution in [0.25, 0.3) is 0 Å². The number of rotatable bonds is 5. The second kappa shape index (κ2) is 6.95. The summed E-state index contributed by atoms with van der Waals surface area (Å²) in [5.41, 5.74) is 2.92. The number of carbonyl (C=O) groups excluding carboxylic acids is 1. The zero-order valence-electron chi connectivity index (χ0n) is 13.5. The molecule has 2 N–H and O–H groups in total. The van der Waals surface area contributed by atoms with E-state index in [0.717, 1.165) is 17.7 Å². The van der Waals surface area contributed by atoms with Crippen LogP contribution in [0.5, 0.6) is 0 Å². The third kappa shape index (κ3) is 3.60. The Morgan fingerprint density at radius 2 is 2.04 bits per heavy atom. The number of pyridine rings is 1. The topological polar surface area (TPSA) is 80.0 Å². The standard InChI is InChI=1S/C18H18N4O2/c1-3-13-6-4-5-7-15(13)21-18(23)16-11-14(8-9-19-16)20-17-10-12(2)24-22-17/h4-11H,3H2,1-2H3,(H,21,23)(H,19,20,22). The minimum Gasteiger partial charge on any atom is -0.360 e. The number of aryl methyl sites for hydroxylation is 2. The van der Waals surface area contributed by atoms with Crippen molar-refractivity contribution in [3.8, 4) is 0 Å². The Morgan fingerprint density at radius 1 is 1.21 bits per heavy atom. The highest BCUT2D eigenvalue weighted by atomic mass is 16.5. The molecule has 1 amide bonds. The van der Waals surface area contributed by atoms with Gasteiger partial charge in [0.15, 0.2) is 5.82 Å². The lowest BCUT2D eigenvalue weighted by atomic mass is 10.1. The maximum absolute atomic E-state index is 12.5. The zero-order chi connectivity index (χ0) is 16.9. The fraction of sp³-hybridized carbons (Fsp3) is 0.167. The molecule has 6 nitrogen and oxygen atoms in total. The molecule has 6 heteroatoms. The molecular formula is C18H18N4O2. The van der Waals surface area contributed by atoms with Gasteiger partial charge in [0.2, 0.25) is 0 Å². The molecule has 2 heterocycles. The molecule has 0 saturated heterocycles. The van der Waals surface area contributed by atoms with Crippen LogP contribution in [0.15, 0.2) is 53.2 Å². The number of benzene rings is 1. The van der Waals surface area contributed by atoms with Crippen molar-refractivity contribution in [2.24, 2.45) is 0 Å². The van der Waals surface area contributed by atoms with E-state index in [1.54, 1.807) is 24.4 Å². The van der Waals surface area contributed by atoms with Gasteiger partial charge in [-0.1, -0.05) is 30.3 Å². The summed E-state index contributed by atoms with van der Waals surface area (Å²) in [6, 6.07) is 12.9. The SMILES string of the molecule is CCc1ccccc1NC(=O)c1cc(Nc2cc(C)on2)ccn1. The van der Waals surface area contributed by atoms with E-state index < -0.39 is 0 Å². The van der Waals surface area contributed by atoms with Crippen LogP contribution < -0.4 is 10.6 Å². The molecule has 0 unspecified atom stereocenters. The number of nitrogens with zero attached hydrogens (tertiary/aromatic N) is 2. The largest absolute Gasteiger partial charge is 0.360 e. The summed E-state index contributed by atoms with van der Waals surface area (Å²) in [6.45, 7) is 3.86. The Hall–Kier alpha value is -3.15. The molecule has 0 fully saturated rings. The first-order chi connectivity index (χ1) is 11.7. The first-order valence-electron chi connectivity index (χ1n) is 7.71. The van der Waals surface area contributed by atoms with Gasteiger partial charge in [-0.05, 0) is 37.1 Å². The molecule has 1 aromatic carbocycles. The first-order valence-corrected chi connectivity index (χ1v) is 7.71. The summed E-state index contributed by atoms with van der Waals surface area (Å²) in [5, 5.41) is 9.86. The molecule has 0 spiro atoms. The number of anilines is 3. The molecule has 3 aromatic rings. The number of amides is 1. The molecule has 0 aliphatic rings. The Morgan fingerprint density at radius 3 is 2.79 bits per heavy atom. The highest BCUT2D eigenvalue weighted by molar-refractivity contribution is 6.03. The van der Waals surface area contributed by atoms with Gasteiger partial charge in [0.05, 0.1) is 0 Å². The third-order valence-corrected chi connectivity index (χ3v) is 3.54. The first kappa shape index (κ1) is 15.7.